The molecule has 0 unspecified atom stereocenters. The van der Waals surface area contributed by atoms with Crippen molar-refractivity contribution >= 4 is 38.4 Å². The zero-order chi connectivity index (χ0) is 23.3. The van der Waals surface area contributed by atoms with Crippen molar-refractivity contribution in [2.75, 3.05) is 29.9 Å². The summed E-state index contributed by atoms with van der Waals surface area (Å²) in [6, 6.07) is 6.96. The van der Waals surface area contributed by atoms with E-state index in [4.69, 9.17) is 4.74 Å². The fourth-order valence-electron chi connectivity index (χ4n) is 3.28. The molecule has 0 aliphatic carbocycles. The molecule has 0 saturated carbocycles. The SMILES string of the molecule is C=CCn1c(=O)c2sc(N(CC)CC)nc2n(CC(=O)Nc2ccc(OCC)cc2)c1=O. The van der Waals surface area contributed by atoms with Crippen molar-refractivity contribution < 1.29 is 9.53 Å². The minimum atomic E-state index is -0.597. The van der Waals surface area contributed by atoms with Crippen LogP contribution in [0.4, 0.5) is 10.8 Å². The summed E-state index contributed by atoms with van der Waals surface area (Å²) in [5, 5.41) is 3.41. The number of hydrogen-bond acceptors (Lipinski definition) is 7. The molecule has 1 N–H and O–H groups in total. The van der Waals surface area contributed by atoms with Crippen molar-refractivity contribution in [2.45, 2.75) is 33.9 Å². The number of hydrogen-bond donors (Lipinski definition) is 1. The van der Waals surface area contributed by atoms with Crippen LogP contribution in [0.3, 0.4) is 0 Å². The van der Waals surface area contributed by atoms with Gasteiger partial charge in [-0.3, -0.25) is 18.7 Å². The van der Waals surface area contributed by atoms with Gasteiger partial charge in [-0.1, -0.05) is 17.4 Å². The number of nitrogens with one attached hydrogen (secondary N) is 1. The summed E-state index contributed by atoms with van der Waals surface area (Å²) in [7, 11) is 0. The van der Waals surface area contributed by atoms with E-state index in [2.05, 4.69) is 16.9 Å². The Morgan fingerprint density at radius 2 is 1.88 bits per heavy atom. The lowest BCUT2D eigenvalue weighted by Crippen LogP contribution is -2.41. The molecule has 9 nitrogen and oxygen atoms in total. The Kier molecular flexibility index (Phi) is 7.47. The molecular formula is C22H27N5O4S. The Morgan fingerprint density at radius 1 is 1.19 bits per heavy atom. The van der Waals surface area contributed by atoms with Crippen LogP contribution in [0.1, 0.15) is 20.8 Å². The third-order valence-corrected chi connectivity index (χ3v) is 5.94. The fraction of sp³-hybridized carbons (Fsp3) is 0.364. The average Bonchev–Trinajstić information content (AvgIpc) is 3.22. The first-order valence-corrected chi connectivity index (χ1v) is 11.3. The van der Waals surface area contributed by atoms with Crippen LogP contribution in [0.15, 0.2) is 46.5 Å². The van der Waals surface area contributed by atoms with Gasteiger partial charge in [-0.15, -0.1) is 6.58 Å². The molecule has 0 fully saturated rings. The number of fused-ring (bicyclic) bond motifs is 1. The lowest BCUT2D eigenvalue weighted by atomic mass is 10.3. The number of rotatable bonds is 10. The van der Waals surface area contributed by atoms with Gasteiger partial charge in [-0.2, -0.15) is 0 Å². The lowest BCUT2D eigenvalue weighted by molar-refractivity contribution is -0.116. The highest BCUT2D eigenvalue weighted by molar-refractivity contribution is 7.22. The molecule has 0 bridgehead atoms. The van der Waals surface area contributed by atoms with E-state index in [1.54, 1.807) is 24.3 Å². The highest BCUT2D eigenvalue weighted by atomic mass is 32.1. The minimum absolute atomic E-state index is 0.0482. The predicted molar refractivity (Wildman–Crippen MR) is 128 cm³/mol. The maximum Gasteiger partial charge on any atom is 0.333 e. The van der Waals surface area contributed by atoms with E-state index in [1.165, 1.54) is 22.0 Å². The van der Waals surface area contributed by atoms with E-state index in [-0.39, 0.29) is 18.7 Å². The summed E-state index contributed by atoms with van der Waals surface area (Å²) in [5.74, 6) is 0.296. The van der Waals surface area contributed by atoms with E-state index >= 15 is 0 Å². The van der Waals surface area contributed by atoms with Gasteiger partial charge >= 0.3 is 5.69 Å². The molecule has 3 rings (SSSR count). The molecule has 0 saturated heterocycles. The summed E-state index contributed by atoms with van der Waals surface area (Å²) in [5.41, 5.74) is -0.233. The molecule has 1 amide bonds. The Labute approximate surface area is 189 Å². The monoisotopic (exact) mass is 457 g/mol. The molecule has 170 valence electrons. The van der Waals surface area contributed by atoms with Crippen LogP contribution in [0.5, 0.6) is 5.75 Å². The van der Waals surface area contributed by atoms with Crippen LogP contribution in [-0.4, -0.2) is 39.7 Å². The second-order valence-corrected chi connectivity index (χ2v) is 7.88. The minimum Gasteiger partial charge on any atom is -0.494 e. The van der Waals surface area contributed by atoms with Crippen molar-refractivity contribution in [1.29, 1.82) is 0 Å². The van der Waals surface area contributed by atoms with E-state index in [9.17, 15) is 14.4 Å². The van der Waals surface area contributed by atoms with Crippen LogP contribution < -0.4 is 26.2 Å². The van der Waals surface area contributed by atoms with Crippen molar-refractivity contribution in [2.24, 2.45) is 0 Å². The van der Waals surface area contributed by atoms with Gasteiger partial charge in [-0.05, 0) is 45.0 Å². The number of carbonyl (C=O) groups excluding carboxylic acids is 1. The summed E-state index contributed by atoms with van der Waals surface area (Å²) in [6.07, 6.45) is 1.48. The molecule has 2 heterocycles. The van der Waals surface area contributed by atoms with E-state index in [0.717, 1.165) is 4.57 Å². The highest BCUT2D eigenvalue weighted by Gasteiger charge is 2.20. The van der Waals surface area contributed by atoms with Crippen LogP contribution in [0.2, 0.25) is 0 Å². The number of amides is 1. The number of carbonyl (C=O) groups is 1. The quantitative estimate of drug-likeness (QED) is 0.470. The Balaban J connectivity index is 1.99. The zero-order valence-corrected chi connectivity index (χ0v) is 19.3. The number of thiazole rings is 1. The summed E-state index contributed by atoms with van der Waals surface area (Å²) in [6.45, 7) is 11.2. The van der Waals surface area contributed by atoms with Crippen LogP contribution >= 0.6 is 11.3 Å². The van der Waals surface area contributed by atoms with Crippen molar-refractivity contribution in [3.8, 4) is 5.75 Å². The topological polar surface area (TPSA) is 98.5 Å². The summed E-state index contributed by atoms with van der Waals surface area (Å²) >= 11 is 1.22. The van der Waals surface area contributed by atoms with Crippen LogP contribution in [0, 0.1) is 0 Å². The average molecular weight is 458 g/mol. The number of ether oxygens (including phenoxy) is 1. The van der Waals surface area contributed by atoms with Crippen molar-refractivity contribution in [1.82, 2.24) is 14.1 Å². The Morgan fingerprint density at radius 3 is 2.47 bits per heavy atom. The van der Waals surface area contributed by atoms with E-state index in [0.29, 0.717) is 41.0 Å². The number of nitrogens with zero attached hydrogens (tertiary/aromatic N) is 4. The molecule has 0 aliphatic rings. The third-order valence-electron chi connectivity index (χ3n) is 4.85. The number of benzene rings is 1. The number of allylic oxidation sites excluding steroid dienone is 1. The standard InChI is InChI=1S/C22H27N5O4S/c1-5-13-26-20(29)18-19(24-21(32-18)25(6-2)7-3)27(22(26)30)14-17(28)23-15-9-11-16(12-10-15)31-8-4/h5,9-12H,1,6-8,13-14H2,2-4H3,(H,23,28). The second kappa shape index (κ2) is 10.3. The summed E-state index contributed by atoms with van der Waals surface area (Å²) in [4.78, 5) is 45.2. The molecule has 10 heteroatoms. The van der Waals surface area contributed by atoms with Gasteiger partial charge in [0.05, 0.1) is 6.61 Å². The largest absolute Gasteiger partial charge is 0.494 e. The highest BCUT2D eigenvalue weighted by Crippen LogP contribution is 2.25. The maximum absolute atomic E-state index is 13.0. The molecule has 0 aliphatic heterocycles. The molecule has 1 aromatic carbocycles. The first-order chi connectivity index (χ1) is 15.4. The smallest absolute Gasteiger partial charge is 0.333 e. The summed E-state index contributed by atoms with van der Waals surface area (Å²) < 4.78 is 8.06. The Bertz CT molecular complexity index is 1220. The molecule has 0 spiro atoms. The number of anilines is 2. The first kappa shape index (κ1) is 23.3. The maximum atomic E-state index is 13.0. The second-order valence-electron chi connectivity index (χ2n) is 6.90. The van der Waals surface area contributed by atoms with Gasteiger partial charge in [0.15, 0.2) is 10.8 Å². The zero-order valence-electron chi connectivity index (χ0n) is 18.5. The third kappa shape index (κ3) is 4.75. The molecule has 3 aromatic rings. The van der Waals surface area contributed by atoms with Gasteiger partial charge in [0.25, 0.3) is 5.56 Å². The van der Waals surface area contributed by atoms with Crippen molar-refractivity contribution in [3.05, 3.63) is 57.8 Å². The van der Waals surface area contributed by atoms with Crippen molar-refractivity contribution in [3.63, 3.8) is 0 Å². The molecule has 2 aromatic heterocycles. The predicted octanol–water partition coefficient (Wildman–Crippen LogP) is 2.69. The molecule has 0 radical (unpaired) electrons. The Hall–Kier alpha value is -3.40. The van der Waals surface area contributed by atoms with Crippen LogP contribution in [0.25, 0.3) is 10.3 Å². The fourth-order valence-corrected chi connectivity index (χ4v) is 4.42. The van der Waals surface area contributed by atoms with Gasteiger partial charge in [0.2, 0.25) is 5.91 Å². The lowest BCUT2D eigenvalue weighted by Gasteiger charge is -2.16. The molecular weight excluding hydrogens is 430 g/mol. The van der Waals surface area contributed by atoms with Gasteiger partial charge in [-0.25, -0.2) is 9.78 Å². The van der Waals surface area contributed by atoms with Gasteiger partial charge in [0.1, 0.15) is 17.0 Å². The normalized spacial score (nSPS) is 10.8. The van der Waals surface area contributed by atoms with E-state index < -0.39 is 17.2 Å². The van der Waals surface area contributed by atoms with Gasteiger partial charge < -0.3 is 15.0 Å². The molecule has 0 atom stereocenters. The van der Waals surface area contributed by atoms with E-state index in [1.807, 2.05) is 25.7 Å². The number of aromatic nitrogens is 3. The van der Waals surface area contributed by atoms with Crippen LogP contribution in [-0.2, 0) is 17.9 Å². The first-order valence-electron chi connectivity index (χ1n) is 10.5. The molecule has 32 heavy (non-hydrogen) atoms. The van der Waals surface area contributed by atoms with Gasteiger partial charge in [0, 0.05) is 25.3 Å².